The molecule has 0 aromatic heterocycles. The van der Waals surface area contributed by atoms with Crippen molar-refractivity contribution >= 4 is 23.2 Å². The normalized spacial score (nSPS) is 25.0. The van der Waals surface area contributed by atoms with Crippen molar-refractivity contribution in [2.24, 2.45) is 0 Å². The van der Waals surface area contributed by atoms with E-state index in [0.29, 0.717) is 0 Å². The number of hydrogen-bond donors (Lipinski definition) is 0. The summed E-state index contributed by atoms with van der Waals surface area (Å²) in [5, 5.41) is 0. The molecule has 5 rings (SSSR count). The zero-order chi connectivity index (χ0) is 14.7. The lowest BCUT2D eigenvalue weighted by Gasteiger charge is -2.34. The fourth-order valence-corrected chi connectivity index (χ4v) is 5.65. The highest BCUT2D eigenvalue weighted by Gasteiger charge is 2.56. The molecular formula is C19H15NOS. The van der Waals surface area contributed by atoms with E-state index < -0.39 is 0 Å². The van der Waals surface area contributed by atoms with Crippen molar-refractivity contribution in [1.29, 1.82) is 0 Å². The zero-order valence-corrected chi connectivity index (χ0v) is 12.9. The summed E-state index contributed by atoms with van der Waals surface area (Å²) < 4.78 is 0. The van der Waals surface area contributed by atoms with E-state index >= 15 is 0 Å². The number of amides is 1. The molecule has 0 bridgehead atoms. The van der Waals surface area contributed by atoms with Crippen LogP contribution in [0, 0.1) is 0 Å². The van der Waals surface area contributed by atoms with Crippen molar-refractivity contribution in [3.63, 3.8) is 0 Å². The van der Waals surface area contributed by atoms with Crippen LogP contribution in [0.15, 0.2) is 54.6 Å². The topological polar surface area (TPSA) is 20.3 Å². The first-order valence-electron chi connectivity index (χ1n) is 7.67. The number of fused-ring (bicyclic) bond motifs is 4. The molecule has 2 heterocycles. The molecule has 3 heteroatoms. The van der Waals surface area contributed by atoms with Crippen LogP contribution in [0.25, 0.3) is 5.57 Å². The summed E-state index contributed by atoms with van der Waals surface area (Å²) in [5.74, 6) is 1.19. The Labute approximate surface area is 133 Å². The first kappa shape index (κ1) is 12.5. The lowest BCUT2D eigenvalue weighted by Crippen LogP contribution is -2.37. The molecule has 1 fully saturated rings. The summed E-state index contributed by atoms with van der Waals surface area (Å²) in [4.78, 5) is 14.6. The molecule has 2 aliphatic heterocycles. The van der Waals surface area contributed by atoms with Crippen LogP contribution in [0.4, 0.5) is 0 Å². The monoisotopic (exact) mass is 305 g/mol. The zero-order valence-electron chi connectivity index (χ0n) is 12.1. The molecule has 22 heavy (non-hydrogen) atoms. The van der Waals surface area contributed by atoms with Crippen LogP contribution in [0.1, 0.15) is 27.0 Å². The largest absolute Gasteiger partial charge is 0.315 e. The predicted octanol–water partition coefficient (Wildman–Crippen LogP) is 3.68. The summed E-state index contributed by atoms with van der Waals surface area (Å²) in [6.07, 6.45) is 3.30. The van der Waals surface area contributed by atoms with Crippen molar-refractivity contribution in [2.75, 3.05) is 12.3 Å². The van der Waals surface area contributed by atoms with Gasteiger partial charge in [0.2, 0.25) is 0 Å². The molecule has 2 aromatic rings. The third-order valence-electron chi connectivity index (χ3n) is 4.97. The van der Waals surface area contributed by atoms with Gasteiger partial charge in [-0.1, -0.05) is 48.5 Å². The number of nitrogens with zero attached hydrogens (tertiary/aromatic N) is 1. The van der Waals surface area contributed by atoms with Crippen molar-refractivity contribution in [1.82, 2.24) is 4.90 Å². The van der Waals surface area contributed by atoms with Crippen LogP contribution in [0.2, 0.25) is 0 Å². The van der Waals surface area contributed by atoms with Crippen LogP contribution in [-0.2, 0) is 11.3 Å². The second-order valence-corrected chi connectivity index (χ2v) is 7.26. The predicted molar refractivity (Wildman–Crippen MR) is 89.7 cm³/mol. The lowest BCUT2D eigenvalue weighted by molar-refractivity contribution is 0.0763. The molecule has 3 aliphatic rings. The molecule has 1 saturated heterocycles. The Bertz CT molecular complexity index is 841. The SMILES string of the molecule is O=C1c2ccccc2C2(C3=CCc4ccccc43)SCCN12. The molecule has 0 saturated carbocycles. The Balaban J connectivity index is 1.78. The fourth-order valence-electron chi connectivity index (χ4n) is 4.07. The van der Waals surface area contributed by atoms with Gasteiger partial charge in [0.1, 0.15) is 4.87 Å². The highest BCUT2D eigenvalue weighted by Crippen LogP contribution is 2.59. The molecule has 1 atom stereocenters. The minimum atomic E-state index is -0.305. The third kappa shape index (κ3) is 1.35. The van der Waals surface area contributed by atoms with E-state index in [1.165, 1.54) is 22.3 Å². The number of hydrogen-bond acceptors (Lipinski definition) is 2. The summed E-state index contributed by atoms with van der Waals surface area (Å²) in [5.41, 5.74) is 6.04. The van der Waals surface area contributed by atoms with E-state index in [9.17, 15) is 4.79 Å². The van der Waals surface area contributed by atoms with Crippen LogP contribution in [0.5, 0.6) is 0 Å². The summed E-state index contributed by atoms with van der Waals surface area (Å²) in [6, 6.07) is 16.7. The molecule has 108 valence electrons. The Morgan fingerprint density at radius 1 is 1.00 bits per heavy atom. The highest BCUT2D eigenvalue weighted by atomic mass is 32.2. The Morgan fingerprint density at radius 3 is 2.68 bits per heavy atom. The fraction of sp³-hybridized carbons (Fsp3) is 0.211. The molecule has 0 spiro atoms. The molecule has 1 aliphatic carbocycles. The maximum atomic E-state index is 12.8. The smallest absolute Gasteiger partial charge is 0.255 e. The van der Waals surface area contributed by atoms with Gasteiger partial charge in [-0.05, 0) is 29.2 Å². The van der Waals surface area contributed by atoms with E-state index in [1.807, 2.05) is 23.9 Å². The van der Waals surface area contributed by atoms with E-state index in [-0.39, 0.29) is 10.8 Å². The number of benzene rings is 2. The van der Waals surface area contributed by atoms with Crippen LogP contribution in [-0.4, -0.2) is 23.1 Å². The van der Waals surface area contributed by atoms with Crippen molar-refractivity contribution in [3.8, 4) is 0 Å². The van der Waals surface area contributed by atoms with Gasteiger partial charge in [0.25, 0.3) is 5.91 Å². The molecule has 0 radical (unpaired) electrons. The van der Waals surface area contributed by atoms with Gasteiger partial charge in [-0.2, -0.15) is 0 Å². The van der Waals surface area contributed by atoms with Gasteiger partial charge >= 0.3 is 0 Å². The second-order valence-electron chi connectivity index (χ2n) is 5.97. The van der Waals surface area contributed by atoms with Gasteiger partial charge in [0.15, 0.2) is 0 Å². The minimum absolute atomic E-state index is 0.186. The van der Waals surface area contributed by atoms with E-state index in [4.69, 9.17) is 0 Å². The minimum Gasteiger partial charge on any atom is -0.315 e. The summed E-state index contributed by atoms with van der Waals surface area (Å²) >= 11 is 1.90. The number of thioether (sulfide) groups is 1. The highest BCUT2D eigenvalue weighted by molar-refractivity contribution is 8.01. The third-order valence-corrected chi connectivity index (χ3v) is 6.44. The van der Waals surface area contributed by atoms with Crippen molar-refractivity contribution in [2.45, 2.75) is 11.3 Å². The molecule has 2 aromatic carbocycles. The molecule has 1 amide bonds. The first-order chi connectivity index (χ1) is 10.8. The Hall–Kier alpha value is -2.00. The molecule has 0 N–H and O–H groups in total. The standard InChI is InChI=1S/C19H15NOS/c21-18-15-7-3-4-8-16(15)19(20(18)11-12-22-19)17-10-9-13-5-1-2-6-14(13)17/h1-8,10H,9,11-12H2. The van der Waals surface area contributed by atoms with Crippen LogP contribution >= 0.6 is 11.8 Å². The van der Waals surface area contributed by atoms with Gasteiger partial charge in [0.05, 0.1) is 0 Å². The average molecular weight is 305 g/mol. The van der Waals surface area contributed by atoms with Crippen molar-refractivity contribution < 1.29 is 4.79 Å². The number of carbonyl (C=O) groups excluding carboxylic acids is 1. The number of allylic oxidation sites excluding steroid dienone is 1. The number of carbonyl (C=O) groups is 1. The van der Waals surface area contributed by atoms with Gasteiger partial charge in [0, 0.05) is 23.4 Å². The maximum absolute atomic E-state index is 12.8. The van der Waals surface area contributed by atoms with Gasteiger partial charge in [-0.25, -0.2) is 0 Å². The Kier molecular flexibility index (Phi) is 2.43. The van der Waals surface area contributed by atoms with Crippen LogP contribution < -0.4 is 0 Å². The maximum Gasteiger partial charge on any atom is 0.255 e. The van der Waals surface area contributed by atoms with E-state index in [1.54, 1.807) is 0 Å². The first-order valence-corrected chi connectivity index (χ1v) is 8.65. The van der Waals surface area contributed by atoms with Gasteiger partial charge in [-0.15, -0.1) is 11.8 Å². The average Bonchev–Trinajstić information content (AvgIpc) is 3.23. The van der Waals surface area contributed by atoms with Gasteiger partial charge < -0.3 is 4.90 Å². The summed E-state index contributed by atoms with van der Waals surface area (Å²) in [6.45, 7) is 0.831. The van der Waals surface area contributed by atoms with Crippen LogP contribution in [0.3, 0.4) is 0 Å². The second kappa shape index (κ2) is 4.26. The molecular weight excluding hydrogens is 290 g/mol. The molecule has 1 unspecified atom stereocenters. The Morgan fingerprint density at radius 2 is 1.77 bits per heavy atom. The van der Waals surface area contributed by atoms with E-state index in [2.05, 4.69) is 47.4 Å². The number of rotatable bonds is 1. The van der Waals surface area contributed by atoms with E-state index in [0.717, 1.165) is 24.3 Å². The quantitative estimate of drug-likeness (QED) is 0.801. The lowest BCUT2D eigenvalue weighted by atomic mass is 9.93. The molecule has 2 nitrogen and oxygen atoms in total. The van der Waals surface area contributed by atoms with Gasteiger partial charge in [-0.3, -0.25) is 4.79 Å². The van der Waals surface area contributed by atoms with Crippen molar-refractivity contribution in [3.05, 3.63) is 76.9 Å². The summed E-state index contributed by atoms with van der Waals surface area (Å²) in [7, 11) is 0.